The number of aryl methyl sites for hydroxylation is 1. The maximum absolute atomic E-state index is 13.7. The molecule has 1 unspecified atom stereocenters. The lowest BCUT2D eigenvalue weighted by molar-refractivity contribution is 0.501. The minimum atomic E-state index is -0.128. The van der Waals surface area contributed by atoms with Crippen LogP contribution in [0.1, 0.15) is 49.6 Å². The molecule has 0 radical (unpaired) electrons. The van der Waals surface area contributed by atoms with Crippen molar-refractivity contribution in [3.63, 3.8) is 0 Å². The highest BCUT2D eigenvalue weighted by Crippen LogP contribution is 2.33. The molecule has 21 heavy (non-hydrogen) atoms. The number of thiophene rings is 1. The second kappa shape index (κ2) is 7.71. The van der Waals surface area contributed by atoms with Gasteiger partial charge in [-0.25, -0.2) is 4.39 Å². The molecule has 0 spiro atoms. The zero-order chi connectivity index (χ0) is 15.2. The monoisotopic (exact) mass is 305 g/mol. The first-order chi connectivity index (χ1) is 10.2. The van der Waals surface area contributed by atoms with Crippen LogP contribution >= 0.6 is 11.3 Å². The first-order valence-electron chi connectivity index (χ1n) is 7.75. The fraction of sp³-hybridized carbons (Fsp3) is 0.444. The van der Waals surface area contributed by atoms with Crippen molar-refractivity contribution in [1.29, 1.82) is 0 Å². The van der Waals surface area contributed by atoms with Crippen LogP contribution in [0.4, 0.5) is 4.39 Å². The van der Waals surface area contributed by atoms with Gasteiger partial charge in [0.2, 0.25) is 0 Å². The van der Waals surface area contributed by atoms with Crippen molar-refractivity contribution in [2.24, 2.45) is 0 Å². The Morgan fingerprint density at radius 3 is 2.62 bits per heavy atom. The molecule has 0 saturated carbocycles. The summed E-state index contributed by atoms with van der Waals surface area (Å²) in [5.41, 5.74) is 1.67. The molecule has 1 heterocycles. The minimum Gasteiger partial charge on any atom is -0.309 e. The Morgan fingerprint density at radius 2 is 1.95 bits per heavy atom. The Bertz CT molecular complexity index is 576. The number of hydrogen-bond donors (Lipinski definition) is 1. The molecule has 2 aromatic rings. The van der Waals surface area contributed by atoms with Gasteiger partial charge in [-0.1, -0.05) is 32.4 Å². The average Bonchev–Trinajstić information content (AvgIpc) is 2.96. The van der Waals surface area contributed by atoms with Gasteiger partial charge in [0.25, 0.3) is 0 Å². The van der Waals surface area contributed by atoms with Gasteiger partial charge in [-0.15, -0.1) is 11.3 Å². The number of hydrogen-bond acceptors (Lipinski definition) is 2. The summed E-state index contributed by atoms with van der Waals surface area (Å²) < 4.78 is 13.7. The van der Waals surface area contributed by atoms with E-state index in [4.69, 9.17) is 0 Å². The summed E-state index contributed by atoms with van der Waals surface area (Å²) in [4.78, 5) is 2.49. The van der Waals surface area contributed by atoms with E-state index in [1.54, 1.807) is 24.3 Å². The maximum Gasteiger partial charge on any atom is 0.126 e. The van der Waals surface area contributed by atoms with E-state index < -0.39 is 0 Å². The number of rotatable bonds is 7. The highest BCUT2D eigenvalue weighted by molar-refractivity contribution is 7.15. The maximum atomic E-state index is 13.7. The Kier molecular flexibility index (Phi) is 5.95. The molecule has 114 valence electrons. The van der Waals surface area contributed by atoms with Gasteiger partial charge in [0, 0.05) is 15.8 Å². The summed E-state index contributed by atoms with van der Waals surface area (Å²) in [6.45, 7) is 7.23. The SMILES string of the molecule is CCCNC(CCC)c1ccc(-c2ccc(C)c(F)c2)s1. The smallest absolute Gasteiger partial charge is 0.126 e. The van der Waals surface area contributed by atoms with E-state index in [2.05, 4.69) is 31.3 Å². The van der Waals surface area contributed by atoms with E-state index in [9.17, 15) is 4.39 Å². The molecular formula is C18H24FNS. The van der Waals surface area contributed by atoms with Gasteiger partial charge >= 0.3 is 0 Å². The third-order valence-corrected chi connectivity index (χ3v) is 4.89. The molecule has 1 N–H and O–H groups in total. The van der Waals surface area contributed by atoms with Crippen LogP contribution in [0, 0.1) is 12.7 Å². The van der Waals surface area contributed by atoms with Gasteiger partial charge < -0.3 is 5.32 Å². The topological polar surface area (TPSA) is 12.0 Å². The first kappa shape index (κ1) is 16.2. The molecule has 1 aromatic heterocycles. The van der Waals surface area contributed by atoms with E-state index >= 15 is 0 Å². The average molecular weight is 305 g/mol. The molecule has 1 nitrogen and oxygen atoms in total. The van der Waals surface area contributed by atoms with Crippen molar-refractivity contribution >= 4 is 11.3 Å². The minimum absolute atomic E-state index is 0.128. The molecule has 3 heteroatoms. The van der Waals surface area contributed by atoms with Gasteiger partial charge in [-0.05, 0) is 55.6 Å². The molecule has 1 atom stereocenters. The lowest BCUT2D eigenvalue weighted by Crippen LogP contribution is -2.21. The van der Waals surface area contributed by atoms with Crippen LogP contribution in [0.5, 0.6) is 0 Å². The van der Waals surface area contributed by atoms with Crippen molar-refractivity contribution in [2.45, 2.75) is 46.1 Å². The van der Waals surface area contributed by atoms with Crippen molar-refractivity contribution < 1.29 is 4.39 Å². The number of nitrogens with one attached hydrogen (secondary N) is 1. The van der Waals surface area contributed by atoms with Gasteiger partial charge in [0.15, 0.2) is 0 Å². The van der Waals surface area contributed by atoms with Crippen LogP contribution in [0.15, 0.2) is 30.3 Å². The van der Waals surface area contributed by atoms with Crippen molar-refractivity contribution in [1.82, 2.24) is 5.32 Å². The number of benzene rings is 1. The molecule has 0 aliphatic carbocycles. The quantitative estimate of drug-likeness (QED) is 0.691. The third kappa shape index (κ3) is 4.14. The fourth-order valence-corrected chi connectivity index (χ4v) is 3.51. The normalized spacial score (nSPS) is 12.6. The Balaban J connectivity index is 2.20. The fourth-order valence-electron chi connectivity index (χ4n) is 2.39. The highest BCUT2D eigenvalue weighted by atomic mass is 32.1. The molecule has 0 fully saturated rings. The van der Waals surface area contributed by atoms with Crippen LogP contribution in [0.25, 0.3) is 10.4 Å². The van der Waals surface area contributed by atoms with Crippen molar-refractivity contribution in [3.8, 4) is 10.4 Å². The van der Waals surface area contributed by atoms with Crippen LogP contribution in [0.3, 0.4) is 0 Å². The zero-order valence-corrected chi connectivity index (χ0v) is 13.9. The molecule has 2 rings (SSSR count). The lowest BCUT2D eigenvalue weighted by atomic mass is 10.1. The standard InChI is InChI=1S/C18H24FNS/c1-4-6-16(20-11-5-2)18-10-9-17(21-18)14-8-7-13(3)15(19)12-14/h7-10,12,16,20H,4-6,11H2,1-3H3. The second-order valence-corrected chi connectivity index (χ2v) is 6.58. The zero-order valence-electron chi connectivity index (χ0n) is 13.1. The second-order valence-electron chi connectivity index (χ2n) is 5.46. The van der Waals surface area contributed by atoms with Gasteiger partial charge in [0.05, 0.1) is 0 Å². The molecule has 0 saturated heterocycles. The molecule has 0 bridgehead atoms. The Hall–Kier alpha value is -1.19. The van der Waals surface area contributed by atoms with E-state index in [0.29, 0.717) is 11.6 Å². The summed E-state index contributed by atoms with van der Waals surface area (Å²) in [7, 11) is 0. The van der Waals surface area contributed by atoms with Crippen LogP contribution < -0.4 is 5.32 Å². The highest BCUT2D eigenvalue weighted by Gasteiger charge is 2.13. The van der Waals surface area contributed by atoms with Crippen LogP contribution in [-0.4, -0.2) is 6.54 Å². The predicted molar refractivity (Wildman–Crippen MR) is 90.4 cm³/mol. The van der Waals surface area contributed by atoms with Gasteiger partial charge in [0.1, 0.15) is 5.82 Å². The van der Waals surface area contributed by atoms with E-state index in [0.717, 1.165) is 36.2 Å². The molecule has 1 aromatic carbocycles. The van der Waals surface area contributed by atoms with Crippen LogP contribution in [-0.2, 0) is 0 Å². The largest absolute Gasteiger partial charge is 0.309 e. The Labute approximate surface area is 131 Å². The van der Waals surface area contributed by atoms with Crippen molar-refractivity contribution in [2.75, 3.05) is 6.54 Å². The summed E-state index contributed by atoms with van der Waals surface area (Å²) in [6.07, 6.45) is 3.44. The van der Waals surface area contributed by atoms with E-state index in [-0.39, 0.29) is 5.82 Å². The molecule has 0 aliphatic rings. The predicted octanol–water partition coefficient (Wildman–Crippen LogP) is 5.70. The van der Waals surface area contributed by atoms with Gasteiger partial charge in [-0.2, -0.15) is 0 Å². The summed E-state index contributed by atoms with van der Waals surface area (Å²) in [6, 6.07) is 10.2. The van der Waals surface area contributed by atoms with E-state index in [1.165, 1.54) is 4.88 Å². The van der Waals surface area contributed by atoms with E-state index in [1.807, 2.05) is 12.1 Å². The lowest BCUT2D eigenvalue weighted by Gasteiger charge is -2.16. The van der Waals surface area contributed by atoms with Gasteiger partial charge in [-0.3, -0.25) is 0 Å². The van der Waals surface area contributed by atoms with Crippen molar-refractivity contribution in [3.05, 3.63) is 46.6 Å². The summed E-state index contributed by atoms with van der Waals surface area (Å²) in [5.74, 6) is -0.128. The molecule has 0 amide bonds. The Morgan fingerprint density at radius 1 is 1.14 bits per heavy atom. The first-order valence-corrected chi connectivity index (χ1v) is 8.57. The molecular weight excluding hydrogens is 281 g/mol. The van der Waals surface area contributed by atoms with Crippen LogP contribution in [0.2, 0.25) is 0 Å². The molecule has 0 aliphatic heterocycles. The number of halogens is 1. The third-order valence-electron chi connectivity index (χ3n) is 3.64. The summed E-state index contributed by atoms with van der Waals surface area (Å²) in [5, 5.41) is 3.61. The summed E-state index contributed by atoms with van der Waals surface area (Å²) >= 11 is 1.77.